The lowest BCUT2D eigenvalue weighted by molar-refractivity contribution is 0.0696. The number of aromatic carboxylic acids is 1. The number of sulfonamides is 1. The topological polar surface area (TPSA) is 136 Å². The Hall–Kier alpha value is -4.25. The van der Waals surface area contributed by atoms with E-state index < -0.39 is 16.0 Å². The van der Waals surface area contributed by atoms with E-state index in [1.165, 1.54) is 29.2 Å². The maximum absolute atomic E-state index is 12.9. The summed E-state index contributed by atoms with van der Waals surface area (Å²) in [5, 5.41) is 13.2. The molecule has 2 N–H and O–H groups in total. The molecule has 0 saturated carbocycles. The Balaban J connectivity index is 1.82. The normalized spacial score (nSPS) is 11.3. The fourth-order valence-electron chi connectivity index (χ4n) is 3.54. The SMILES string of the molecule is Cc1ccc(C(=O)O)cc1Oc1cc(-c2c(C)cccc2C)nc(NS(=O)(=O)c2cnn(C)c2)n1. The Morgan fingerprint density at radius 3 is 2.37 bits per heavy atom. The molecule has 0 aliphatic carbocycles. The first-order valence-corrected chi connectivity index (χ1v) is 12.0. The van der Waals surface area contributed by atoms with Gasteiger partial charge in [0.15, 0.2) is 0 Å². The van der Waals surface area contributed by atoms with Crippen LogP contribution in [-0.2, 0) is 17.1 Å². The molecule has 0 fully saturated rings. The summed E-state index contributed by atoms with van der Waals surface area (Å²) in [7, 11) is -2.41. The Labute approximate surface area is 202 Å². The number of anilines is 1. The molecule has 4 aromatic rings. The molecule has 0 unspecified atom stereocenters. The largest absolute Gasteiger partial charge is 0.478 e. The van der Waals surface area contributed by atoms with Crippen LogP contribution in [0.1, 0.15) is 27.0 Å². The van der Waals surface area contributed by atoms with Crippen LogP contribution in [-0.4, -0.2) is 39.2 Å². The highest BCUT2D eigenvalue weighted by molar-refractivity contribution is 7.92. The molecule has 0 aliphatic heterocycles. The Kier molecular flexibility index (Phi) is 6.27. The van der Waals surface area contributed by atoms with Gasteiger partial charge in [0.05, 0.1) is 17.5 Å². The summed E-state index contributed by atoms with van der Waals surface area (Å²) in [6.07, 6.45) is 2.58. The van der Waals surface area contributed by atoms with Crippen LogP contribution in [0, 0.1) is 20.8 Å². The quantitative estimate of drug-likeness (QED) is 0.393. The molecule has 0 spiro atoms. The van der Waals surface area contributed by atoms with Gasteiger partial charge in [-0.05, 0) is 49.6 Å². The van der Waals surface area contributed by atoms with Crippen molar-refractivity contribution < 1.29 is 23.1 Å². The highest BCUT2D eigenvalue weighted by atomic mass is 32.2. The van der Waals surface area contributed by atoms with Crippen LogP contribution < -0.4 is 9.46 Å². The van der Waals surface area contributed by atoms with Crippen molar-refractivity contribution in [2.24, 2.45) is 7.05 Å². The van der Waals surface area contributed by atoms with Gasteiger partial charge in [-0.25, -0.2) is 22.9 Å². The number of nitrogens with one attached hydrogen (secondary N) is 1. The van der Waals surface area contributed by atoms with E-state index in [0.29, 0.717) is 11.3 Å². The molecule has 2 aromatic heterocycles. The maximum atomic E-state index is 12.9. The third-order valence-corrected chi connectivity index (χ3v) is 6.59. The molecule has 10 nitrogen and oxygen atoms in total. The zero-order chi connectivity index (χ0) is 25.3. The Morgan fingerprint density at radius 1 is 1.03 bits per heavy atom. The lowest BCUT2D eigenvalue weighted by Gasteiger charge is -2.14. The van der Waals surface area contributed by atoms with E-state index >= 15 is 0 Å². The van der Waals surface area contributed by atoms with Crippen LogP contribution in [0.25, 0.3) is 11.3 Å². The zero-order valence-corrected chi connectivity index (χ0v) is 20.3. The average Bonchev–Trinajstić information content (AvgIpc) is 3.22. The highest BCUT2D eigenvalue weighted by Gasteiger charge is 2.20. The molecule has 0 atom stereocenters. The molecule has 0 amide bonds. The molecular formula is C24H23N5O5S. The molecule has 35 heavy (non-hydrogen) atoms. The first-order chi connectivity index (χ1) is 16.5. The van der Waals surface area contributed by atoms with Gasteiger partial charge in [0.1, 0.15) is 10.6 Å². The summed E-state index contributed by atoms with van der Waals surface area (Å²) >= 11 is 0. The van der Waals surface area contributed by atoms with Crippen molar-refractivity contribution in [3.05, 3.63) is 77.1 Å². The minimum atomic E-state index is -4.02. The second kappa shape index (κ2) is 9.18. The summed E-state index contributed by atoms with van der Waals surface area (Å²) in [6, 6.07) is 11.8. The van der Waals surface area contributed by atoms with Crippen LogP contribution in [0.3, 0.4) is 0 Å². The van der Waals surface area contributed by atoms with E-state index in [9.17, 15) is 18.3 Å². The van der Waals surface area contributed by atoms with Gasteiger partial charge in [-0.15, -0.1) is 0 Å². The van der Waals surface area contributed by atoms with Crippen molar-refractivity contribution in [2.75, 3.05) is 4.72 Å². The third kappa shape index (κ3) is 5.14. The molecule has 2 aromatic carbocycles. The first-order valence-electron chi connectivity index (χ1n) is 10.5. The summed E-state index contributed by atoms with van der Waals surface area (Å²) in [6.45, 7) is 5.61. The number of aryl methyl sites for hydroxylation is 4. The third-order valence-electron chi connectivity index (χ3n) is 5.31. The second-order valence-electron chi connectivity index (χ2n) is 8.02. The smallest absolute Gasteiger partial charge is 0.335 e. The second-order valence-corrected chi connectivity index (χ2v) is 9.71. The van der Waals surface area contributed by atoms with E-state index in [2.05, 4.69) is 19.8 Å². The fraction of sp³-hybridized carbons (Fsp3) is 0.167. The number of rotatable bonds is 7. The Bertz CT molecular complexity index is 1530. The van der Waals surface area contributed by atoms with Gasteiger partial charge < -0.3 is 9.84 Å². The van der Waals surface area contributed by atoms with Crippen molar-refractivity contribution in [1.82, 2.24) is 19.7 Å². The number of ether oxygens (including phenoxy) is 1. The minimum absolute atomic E-state index is 0.0476. The molecule has 180 valence electrons. The number of carbonyl (C=O) groups is 1. The Morgan fingerprint density at radius 2 is 1.74 bits per heavy atom. The molecule has 0 radical (unpaired) electrons. The van der Waals surface area contributed by atoms with Gasteiger partial charge in [-0.3, -0.25) is 4.68 Å². The van der Waals surface area contributed by atoms with E-state index in [4.69, 9.17) is 4.74 Å². The average molecular weight is 494 g/mol. The van der Waals surface area contributed by atoms with Crippen LogP contribution >= 0.6 is 0 Å². The van der Waals surface area contributed by atoms with Crippen LogP contribution in [0.4, 0.5) is 5.95 Å². The lowest BCUT2D eigenvalue weighted by Crippen LogP contribution is -2.15. The number of aromatic nitrogens is 4. The van der Waals surface area contributed by atoms with Gasteiger partial charge in [-0.2, -0.15) is 10.1 Å². The van der Waals surface area contributed by atoms with Gasteiger partial charge in [0.2, 0.25) is 11.8 Å². The number of nitrogens with zero attached hydrogens (tertiary/aromatic N) is 4. The van der Waals surface area contributed by atoms with E-state index in [1.807, 2.05) is 32.0 Å². The van der Waals surface area contributed by atoms with E-state index in [1.54, 1.807) is 26.1 Å². The number of carboxylic acids is 1. The fourth-order valence-corrected chi connectivity index (χ4v) is 4.47. The van der Waals surface area contributed by atoms with Gasteiger partial charge in [0.25, 0.3) is 10.0 Å². The van der Waals surface area contributed by atoms with Crippen molar-refractivity contribution in [1.29, 1.82) is 0 Å². The molecule has 4 rings (SSSR count). The predicted octanol–water partition coefficient (Wildman–Crippen LogP) is 4.09. The summed E-state index contributed by atoms with van der Waals surface area (Å²) in [5.74, 6) is -0.973. The molecule has 0 bridgehead atoms. The highest BCUT2D eigenvalue weighted by Crippen LogP contribution is 2.32. The molecular weight excluding hydrogens is 470 g/mol. The molecule has 11 heteroatoms. The summed E-state index contributed by atoms with van der Waals surface area (Å²) in [5.41, 5.74) is 3.84. The van der Waals surface area contributed by atoms with E-state index in [0.717, 1.165) is 16.7 Å². The molecule has 0 aliphatic rings. The van der Waals surface area contributed by atoms with E-state index in [-0.39, 0.29) is 28.0 Å². The van der Waals surface area contributed by atoms with Crippen molar-refractivity contribution in [2.45, 2.75) is 25.7 Å². The van der Waals surface area contributed by atoms with Crippen LogP contribution in [0.15, 0.2) is 59.8 Å². The first kappa shape index (κ1) is 23.9. The molecule has 0 saturated heterocycles. The number of benzene rings is 2. The summed E-state index contributed by atoms with van der Waals surface area (Å²) < 4.78 is 35.5. The van der Waals surface area contributed by atoms with Crippen molar-refractivity contribution in [3.63, 3.8) is 0 Å². The lowest BCUT2D eigenvalue weighted by atomic mass is 10.00. The van der Waals surface area contributed by atoms with Crippen LogP contribution in [0.5, 0.6) is 11.6 Å². The number of hydrogen-bond donors (Lipinski definition) is 2. The van der Waals surface area contributed by atoms with Crippen molar-refractivity contribution >= 4 is 21.9 Å². The minimum Gasteiger partial charge on any atom is -0.478 e. The maximum Gasteiger partial charge on any atom is 0.335 e. The predicted molar refractivity (Wildman–Crippen MR) is 129 cm³/mol. The standard InChI is InChI=1S/C24H23N5O5S/c1-14-8-9-17(23(30)31)10-20(14)34-21-11-19(22-15(2)6-5-7-16(22)3)26-24(27-21)28-35(32,33)18-12-25-29(4)13-18/h5-13H,1-4H3,(H,30,31)(H,26,27,28). The monoisotopic (exact) mass is 493 g/mol. The molecule has 2 heterocycles. The van der Waals surface area contributed by atoms with Gasteiger partial charge >= 0.3 is 5.97 Å². The van der Waals surface area contributed by atoms with Crippen LogP contribution in [0.2, 0.25) is 0 Å². The van der Waals surface area contributed by atoms with Crippen molar-refractivity contribution in [3.8, 4) is 22.9 Å². The zero-order valence-electron chi connectivity index (χ0n) is 19.5. The number of hydrogen-bond acceptors (Lipinski definition) is 7. The number of carboxylic acid groups (broad SMARTS) is 1. The summed E-state index contributed by atoms with van der Waals surface area (Å²) in [4.78, 5) is 20.1. The van der Waals surface area contributed by atoms with Gasteiger partial charge in [0, 0.05) is 24.9 Å². The van der Waals surface area contributed by atoms with Gasteiger partial charge in [-0.1, -0.05) is 24.3 Å².